The number of aromatic nitrogens is 2. The highest BCUT2D eigenvalue weighted by molar-refractivity contribution is 5.55. The van der Waals surface area contributed by atoms with Crippen molar-refractivity contribution >= 4 is 17.5 Å². The second-order valence-corrected chi connectivity index (χ2v) is 6.33. The number of nitrogens with zero attached hydrogens (tertiary/aromatic N) is 2. The minimum Gasteiger partial charge on any atom is -0.370 e. The van der Waals surface area contributed by atoms with Crippen LogP contribution >= 0.6 is 0 Å². The molecule has 1 heterocycles. The molecule has 0 atom stereocenters. The molecule has 4 nitrogen and oxygen atoms in total. The fourth-order valence-corrected chi connectivity index (χ4v) is 2.58. The van der Waals surface area contributed by atoms with Crippen molar-refractivity contribution in [2.45, 2.75) is 26.2 Å². The molecule has 0 radical (unpaired) electrons. The molecule has 0 unspecified atom stereocenters. The van der Waals surface area contributed by atoms with Gasteiger partial charge in [0.2, 0.25) is 5.95 Å². The minimum absolute atomic E-state index is 0.530. The monoisotopic (exact) mass is 332 g/mol. The van der Waals surface area contributed by atoms with Crippen molar-refractivity contribution in [2.24, 2.45) is 0 Å². The summed E-state index contributed by atoms with van der Waals surface area (Å²) in [4.78, 5) is 8.82. The summed E-state index contributed by atoms with van der Waals surface area (Å²) < 4.78 is 0. The first kappa shape index (κ1) is 17.0. The van der Waals surface area contributed by atoms with Crippen LogP contribution in [0.1, 0.15) is 30.9 Å². The molecule has 0 aliphatic rings. The summed E-state index contributed by atoms with van der Waals surface area (Å²) in [6.45, 7) is 5.22. The summed E-state index contributed by atoms with van der Waals surface area (Å²) in [6.07, 6.45) is 2.73. The largest absolute Gasteiger partial charge is 0.370 e. The maximum atomic E-state index is 4.52. The van der Waals surface area contributed by atoms with Crippen molar-refractivity contribution in [1.29, 1.82) is 0 Å². The molecule has 0 saturated heterocycles. The Labute approximate surface area is 149 Å². The topological polar surface area (TPSA) is 49.8 Å². The van der Waals surface area contributed by atoms with Crippen LogP contribution < -0.4 is 10.6 Å². The number of benzene rings is 2. The average molecular weight is 332 g/mol. The number of anilines is 3. The lowest BCUT2D eigenvalue weighted by molar-refractivity contribution is 0.867. The molecule has 2 aromatic carbocycles. The normalized spacial score (nSPS) is 10.7. The molecular weight excluding hydrogens is 308 g/mol. The molecule has 0 aliphatic heterocycles. The second-order valence-electron chi connectivity index (χ2n) is 6.33. The van der Waals surface area contributed by atoms with Crippen LogP contribution in [0, 0.1) is 0 Å². The molecule has 0 saturated carbocycles. The SMILES string of the molecule is CC(C)c1ccc(Nc2nccc(NCCc3ccccc3)n2)cc1. The van der Waals surface area contributed by atoms with E-state index < -0.39 is 0 Å². The second kappa shape index (κ2) is 8.29. The lowest BCUT2D eigenvalue weighted by Crippen LogP contribution is -2.07. The lowest BCUT2D eigenvalue weighted by atomic mass is 10.0. The van der Waals surface area contributed by atoms with Crippen molar-refractivity contribution in [1.82, 2.24) is 9.97 Å². The standard InChI is InChI=1S/C21H24N4/c1-16(2)18-8-10-19(11-9-18)24-21-23-15-13-20(25-21)22-14-12-17-6-4-3-5-7-17/h3-11,13,15-16H,12,14H2,1-2H3,(H2,22,23,24,25). The zero-order chi connectivity index (χ0) is 17.5. The van der Waals surface area contributed by atoms with Gasteiger partial charge < -0.3 is 10.6 Å². The van der Waals surface area contributed by atoms with Crippen LogP contribution in [0.4, 0.5) is 17.5 Å². The van der Waals surface area contributed by atoms with E-state index in [0.29, 0.717) is 11.9 Å². The van der Waals surface area contributed by atoms with Gasteiger partial charge in [-0.3, -0.25) is 0 Å². The van der Waals surface area contributed by atoms with Gasteiger partial charge >= 0.3 is 0 Å². The van der Waals surface area contributed by atoms with Gasteiger partial charge in [-0.15, -0.1) is 0 Å². The fourth-order valence-electron chi connectivity index (χ4n) is 2.58. The van der Waals surface area contributed by atoms with Crippen LogP contribution in [0.2, 0.25) is 0 Å². The van der Waals surface area contributed by atoms with Crippen LogP contribution in [-0.4, -0.2) is 16.5 Å². The minimum atomic E-state index is 0.530. The maximum Gasteiger partial charge on any atom is 0.229 e. The van der Waals surface area contributed by atoms with E-state index in [-0.39, 0.29) is 0 Å². The summed E-state index contributed by atoms with van der Waals surface area (Å²) >= 11 is 0. The van der Waals surface area contributed by atoms with E-state index in [0.717, 1.165) is 24.5 Å². The smallest absolute Gasteiger partial charge is 0.229 e. The van der Waals surface area contributed by atoms with Crippen molar-refractivity contribution in [3.05, 3.63) is 78.0 Å². The van der Waals surface area contributed by atoms with Gasteiger partial charge in [0.1, 0.15) is 5.82 Å². The predicted molar refractivity (Wildman–Crippen MR) is 104 cm³/mol. The van der Waals surface area contributed by atoms with E-state index in [4.69, 9.17) is 0 Å². The Morgan fingerprint density at radius 2 is 1.68 bits per heavy atom. The molecule has 0 amide bonds. The molecule has 128 valence electrons. The summed E-state index contributed by atoms with van der Waals surface area (Å²) in [5, 5.41) is 6.61. The van der Waals surface area contributed by atoms with E-state index in [1.54, 1.807) is 6.20 Å². The molecule has 4 heteroatoms. The van der Waals surface area contributed by atoms with Gasteiger partial charge in [-0.25, -0.2) is 4.98 Å². The molecule has 3 aromatic rings. The number of hydrogen-bond acceptors (Lipinski definition) is 4. The summed E-state index contributed by atoms with van der Waals surface area (Å²) in [5.74, 6) is 1.96. The first-order chi connectivity index (χ1) is 12.2. The summed E-state index contributed by atoms with van der Waals surface area (Å²) in [5.41, 5.74) is 3.63. The number of rotatable bonds is 7. The Kier molecular flexibility index (Phi) is 5.62. The predicted octanol–water partition coefficient (Wildman–Crippen LogP) is 5.00. The molecule has 1 aromatic heterocycles. The lowest BCUT2D eigenvalue weighted by Gasteiger charge is -2.10. The van der Waals surface area contributed by atoms with Gasteiger partial charge in [0.25, 0.3) is 0 Å². The van der Waals surface area contributed by atoms with Gasteiger partial charge in [-0.05, 0) is 41.7 Å². The van der Waals surface area contributed by atoms with E-state index in [1.807, 2.05) is 12.1 Å². The van der Waals surface area contributed by atoms with Gasteiger partial charge in [0.15, 0.2) is 0 Å². The van der Waals surface area contributed by atoms with Gasteiger partial charge in [-0.2, -0.15) is 4.98 Å². The molecule has 0 bridgehead atoms. The van der Waals surface area contributed by atoms with Crippen LogP contribution in [0.15, 0.2) is 66.9 Å². The molecule has 3 rings (SSSR count). The van der Waals surface area contributed by atoms with Gasteiger partial charge in [-0.1, -0.05) is 56.3 Å². The Morgan fingerprint density at radius 3 is 2.40 bits per heavy atom. The molecule has 0 fully saturated rings. The van der Waals surface area contributed by atoms with E-state index >= 15 is 0 Å². The van der Waals surface area contributed by atoms with Gasteiger partial charge in [0.05, 0.1) is 0 Å². The van der Waals surface area contributed by atoms with Crippen molar-refractivity contribution < 1.29 is 0 Å². The zero-order valence-corrected chi connectivity index (χ0v) is 14.7. The molecule has 25 heavy (non-hydrogen) atoms. The fraction of sp³-hybridized carbons (Fsp3) is 0.238. The maximum absolute atomic E-state index is 4.52. The molecule has 0 spiro atoms. The van der Waals surface area contributed by atoms with Crippen LogP contribution in [0.5, 0.6) is 0 Å². The summed E-state index contributed by atoms with van der Waals surface area (Å²) in [7, 11) is 0. The third-order valence-corrected chi connectivity index (χ3v) is 4.05. The highest BCUT2D eigenvalue weighted by Crippen LogP contribution is 2.19. The Hall–Kier alpha value is -2.88. The zero-order valence-electron chi connectivity index (χ0n) is 14.7. The van der Waals surface area contributed by atoms with Crippen molar-refractivity contribution in [3.8, 4) is 0 Å². The Bertz CT molecular complexity index is 783. The van der Waals surface area contributed by atoms with E-state index in [1.165, 1.54) is 11.1 Å². The quantitative estimate of drug-likeness (QED) is 0.639. The van der Waals surface area contributed by atoms with E-state index in [9.17, 15) is 0 Å². The molecule has 2 N–H and O–H groups in total. The van der Waals surface area contributed by atoms with E-state index in [2.05, 4.69) is 83.0 Å². The van der Waals surface area contributed by atoms with Gasteiger partial charge in [0, 0.05) is 18.4 Å². The highest BCUT2D eigenvalue weighted by atomic mass is 15.1. The molecule has 0 aliphatic carbocycles. The van der Waals surface area contributed by atoms with Crippen molar-refractivity contribution in [2.75, 3.05) is 17.2 Å². The highest BCUT2D eigenvalue weighted by Gasteiger charge is 2.02. The molecular formula is C21H24N4. The summed E-state index contributed by atoms with van der Waals surface area (Å²) in [6, 6.07) is 20.7. The Balaban J connectivity index is 1.57. The first-order valence-electron chi connectivity index (χ1n) is 8.68. The third kappa shape index (κ3) is 5.05. The van der Waals surface area contributed by atoms with Crippen molar-refractivity contribution in [3.63, 3.8) is 0 Å². The average Bonchev–Trinajstić information content (AvgIpc) is 2.63. The third-order valence-electron chi connectivity index (χ3n) is 4.05. The van der Waals surface area contributed by atoms with Crippen LogP contribution in [0.25, 0.3) is 0 Å². The van der Waals surface area contributed by atoms with Crippen LogP contribution in [0.3, 0.4) is 0 Å². The first-order valence-corrected chi connectivity index (χ1v) is 8.68. The Morgan fingerprint density at radius 1 is 0.920 bits per heavy atom. The number of hydrogen-bond donors (Lipinski definition) is 2. The van der Waals surface area contributed by atoms with Crippen LogP contribution in [-0.2, 0) is 6.42 Å². The number of nitrogens with one attached hydrogen (secondary N) is 2.